The maximum atomic E-state index is 6.19. The molecule has 3 heterocycles. The van der Waals surface area contributed by atoms with Crippen molar-refractivity contribution in [3.8, 4) is 260 Å². The SMILES string of the molecule is CC#CC#CC#CC#CC#CC#CC#CC#CC#CC#CC#CC#CC#CC#CC#CC#CC#CC#CC#CC#CC#CC.COc1cc2c(cc1OCc1ccccc1)CCN1Cc3[nH]c4cc(C)ccc4c3CC21. The van der Waals surface area contributed by atoms with Gasteiger partial charge in [0.2, 0.25) is 0 Å². The van der Waals surface area contributed by atoms with Crippen LogP contribution >= 0.6 is 0 Å². The normalized spacial score (nSPS) is 9.66. The summed E-state index contributed by atoms with van der Waals surface area (Å²) in [6.07, 6.45) is 2.06. The number of ether oxygens (including phenoxy) is 2. The Hall–Kier alpha value is -12.5. The zero-order valence-electron chi connectivity index (χ0n) is 41.7. The van der Waals surface area contributed by atoms with E-state index in [0.29, 0.717) is 12.6 Å². The molecule has 0 amide bonds. The lowest BCUT2D eigenvalue weighted by Gasteiger charge is -2.40. The van der Waals surface area contributed by atoms with Crippen molar-refractivity contribution in [1.82, 2.24) is 9.88 Å². The van der Waals surface area contributed by atoms with Gasteiger partial charge in [-0.2, -0.15) is 0 Å². The Labute approximate surface area is 448 Å². The lowest BCUT2D eigenvalue weighted by atomic mass is 9.85. The molecular weight excluding hydrogens is 925 g/mol. The molecule has 0 saturated heterocycles. The lowest BCUT2D eigenvalue weighted by molar-refractivity contribution is 0.158. The van der Waals surface area contributed by atoms with Crippen LogP contribution < -0.4 is 9.47 Å². The second-order valence-corrected chi connectivity index (χ2v) is 14.5. The third-order valence-corrected chi connectivity index (χ3v) is 9.73. The number of nitrogens with one attached hydrogen (secondary N) is 1. The topological polar surface area (TPSA) is 37.5 Å². The summed E-state index contributed by atoms with van der Waals surface area (Å²) in [5.74, 6) is 107. The molecule has 4 nitrogen and oxygen atoms in total. The van der Waals surface area contributed by atoms with Crippen LogP contribution in [0.4, 0.5) is 0 Å². The molecule has 1 atom stereocenters. The summed E-state index contributed by atoms with van der Waals surface area (Å²) in [5, 5.41) is 1.37. The molecule has 1 N–H and O–H groups in total. The van der Waals surface area contributed by atoms with E-state index in [4.69, 9.17) is 9.47 Å². The number of H-pyrrole nitrogens is 1. The number of aryl methyl sites for hydroxylation is 1. The Morgan fingerprint density at radius 3 is 1.29 bits per heavy atom. The summed E-state index contributed by atoms with van der Waals surface area (Å²) in [6, 6.07) is 21.9. The summed E-state index contributed by atoms with van der Waals surface area (Å²) in [4.78, 5) is 6.30. The van der Waals surface area contributed by atoms with Gasteiger partial charge in [-0.05, 0) is 174 Å². The van der Waals surface area contributed by atoms with Crippen molar-refractivity contribution in [3.63, 3.8) is 0 Å². The predicted molar refractivity (Wildman–Crippen MR) is 302 cm³/mol. The zero-order valence-corrected chi connectivity index (χ0v) is 41.7. The first-order valence-electron chi connectivity index (χ1n) is 22.7. The molecule has 344 valence electrons. The van der Waals surface area contributed by atoms with Gasteiger partial charge in [0.1, 0.15) is 6.61 Å². The molecule has 2 aliphatic heterocycles. The summed E-state index contributed by atoms with van der Waals surface area (Å²) in [6.45, 7) is 8.12. The Balaban J connectivity index is 0.000000291. The first kappa shape index (κ1) is 54.5. The summed E-state index contributed by atoms with van der Waals surface area (Å²) < 4.78 is 12.0. The number of aromatic nitrogens is 1. The fourth-order valence-electron chi connectivity index (χ4n) is 6.70. The van der Waals surface area contributed by atoms with E-state index in [1.165, 1.54) is 38.9 Å². The molecule has 76 heavy (non-hydrogen) atoms. The highest BCUT2D eigenvalue weighted by Gasteiger charge is 2.34. The zero-order chi connectivity index (χ0) is 53.4. The molecule has 0 bridgehead atoms. The fraction of sp³-hybridized carbons (Fsp3) is 0.139. The minimum Gasteiger partial charge on any atom is -0.493 e. The van der Waals surface area contributed by atoms with Crippen LogP contribution in [0.5, 0.6) is 11.5 Å². The Morgan fingerprint density at radius 1 is 0.487 bits per heavy atom. The van der Waals surface area contributed by atoms with Gasteiger partial charge in [0, 0.05) is 178 Å². The number of methoxy groups -OCH3 is 1. The Morgan fingerprint density at radius 2 is 0.895 bits per heavy atom. The molecule has 3 aromatic carbocycles. The van der Waals surface area contributed by atoms with E-state index in [0.717, 1.165) is 43.0 Å². The molecule has 2 aliphatic rings. The summed E-state index contributed by atoms with van der Waals surface area (Å²) in [5.41, 5.74) is 9.33. The van der Waals surface area contributed by atoms with Gasteiger partial charge in [0.25, 0.3) is 0 Å². The monoisotopic (exact) mass is 958 g/mol. The highest BCUT2D eigenvalue weighted by molar-refractivity contribution is 5.85. The third kappa shape index (κ3) is 20.2. The van der Waals surface area contributed by atoms with Crippen LogP contribution in [0.2, 0.25) is 0 Å². The van der Waals surface area contributed by atoms with Crippen LogP contribution in [-0.4, -0.2) is 23.5 Å². The third-order valence-electron chi connectivity index (χ3n) is 9.73. The van der Waals surface area contributed by atoms with E-state index in [1.807, 2.05) is 18.2 Å². The van der Waals surface area contributed by atoms with E-state index in [9.17, 15) is 0 Å². The molecule has 1 unspecified atom stereocenters. The van der Waals surface area contributed by atoms with Crippen LogP contribution in [0.25, 0.3) is 10.9 Å². The van der Waals surface area contributed by atoms with Crippen LogP contribution in [0.15, 0.2) is 60.7 Å². The van der Waals surface area contributed by atoms with Gasteiger partial charge in [-0.1, -0.05) is 54.3 Å². The first-order chi connectivity index (χ1) is 37.6. The van der Waals surface area contributed by atoms with Crippen LogP contribution in [0.3, 0.4) is 0 Å². The molecule has 0 radical (unpaired) electrons. The van der Waals surface area contributed by atoms with Gasteiger partial charge in [-0.15, -0.1) is 0 Å². The largest absolute Gasteiger partial charge is 0.493 e. The fourth-order valence-corrected chi connectivity index (χ4v) is 6.70. The van der Waals surface area contributed by atoms with Gasteiger partial charge < -0.3 is 14.5 Å². The smallest absolute Gasteiger partial charge is 0.161 e. The summed E-state index contributed by atoms with van der Waals surface area (Å²) in [7, 11) is 1.73. The van der Waals surface area contributed by atoms with E-state index >= 15 is 0 Å². The van der Waals surface area contributed by atoms with Gasteiger partial charge in [0.05, 0.1) is 7.11 Å². The van der Waals surface area contributed by atoms with E-state index in [-0.39, 0.29) is 0 Å². The minimum atomic E-state index is 0.378. The molecular formula is C72H34N2O2. The van der Waals surface area contributed by atoms with Crippen LogP contribution in [-0.2, 0) is 26.0 Å². The molecule has 0 aliphatic carbocycles. The number of benzene rings is 3. The molecule has 1 aromatic heterocycles. The minimum absolute atomic E-state index is 0.378. The highest BCUT2D eigenvalue weighted by Crippen LogP contribution is 2.44. The second kappa shape index (κ2) is 33.9. The Bertz CT molecular complexity index is 4210. The van der Waals surface area contributed by atoms with E-state index < -0.39 is 0 Å². The standard InChI is InChI=1S/C44H6.C28H28N2O2/c1-3-5-7-9-11-13-15-17-19-21-23-25-27-29-31-33-35-37-39-41-43-44-42-40-38-36-34-32-30-28-26-24-22-20-18-16-14-12-10-8-6-4-2;1-18-8-9-21-23-14-26-22-15-27(31-2)28(32-17-19-6-4-3-5-7-19)13-20(22)10-11-30(26)16-25(23)29-24(21)12-18/h1-2H3;3-9,12-13,15,26,29H,10-11,14,16-17H2,1-2H3. The number of fused-ring (bicyclic) bond motifs is 6. The number of hydrogen-bond donors (Lipinski definition) is 1. The second-order valence-electron chi connectivity index (χ2n) is 14.5. The van der Waals surface area contributed by atoms with E-state index in [1.54, 1.807) is 21.0 Å². The van der Waals surface area contributed by atoms with Crippen LogP contribution in [0.1, 0.15) is 53.4 Å². The number of rotatable bonds is 4. The number of nitrogens with zero attached hydrogens (tertiary/aromatic N) is 1. The van der Waals surface area contributed by atoms with Crippen molar-refractivity contribution >= 4 is 10.9 Å². The van der Waals surface area contributed by atoms with Crippen molar-refractivity contribution in [2.75, 3.05) is 13.7 Å². The first-order valence-corrected chi connectivity index (χ1v) is 22.7. The predicted octanol–water partition coefficient (Wildman–Crippen LogP) is 6.82. The summed E-state index contributed by atoms with van der Waals surface area (Å²) >= 11 is 0. The number of aromatic amines is 1. The molecule has 4 aromatic rings. The van der Waals surface area contributed by atoms with Crippen molar-refractivity contribution in [1.29, 1.82) is 0 Å². The Kier molecular flexibility index (Phi) is 24.3. The molecule has 0 fully saturated rings. The van der Waals surface area contributed by atoms with E-state index in [2.05, 4.69) is 308 Å². The van der Waals surface area contributed by atoms with Crippen molar-refractivity contribution < 1.29 is 9.47 Å². The maximum Gasteiger partial charge on any atom is 0.161 e. The van der Waals surface area contributed by atoms with Crippen LogP contribution in [0, 0.1) is 256 Å². The van der Waals surface area contributed by atoms with Gasteiger partial charge >= 0.3 is 0 Å². The van der Waals surface area contributed by atoms with Crippen molar-refractivity contribution in [2.45, 2.75) is 52.8 Å². The number of hydrogen-bond acceptors (Lipinski definition) is 3. The molecule has 6 rings (SSSR count). The van der Waals surface area contributed by atoms with Crippen molar-refractivity contribution in [2.24, 2.45) is 0 Å². The molecule has 0 saturated carbocycles. The lowest BCUT2D eigenvalue weighted by Crippen LogP contribution is -2.39. The highest BCUT2D eigenvalue weighted by atomic mass is 16.5. The van der Waals surface area contributed by atoms with Gasteiger partial charge in [-0.25, -0.2) is 0 Å². The average Bonchev–Trinajstić information content (AvgIpc) is 3.80. The van der Waals surface area contributed by atoms with Gasteiger partial charge in [-0.3, -0.25) is 4.90 Å². The van der Waals surface area contributed by atoms with Crippen molar-refractivity contribution in [3.05, 3.63) is 94.2 Å². The quantitative estimate of drug-likeness (QED) is 0.229. The average molecular weight is 959 g/mol. The molecule has 0 spiro atoms. The maximum absolute atomic E-state index is 6.19. The van der Waals surface area contributed by atoms with Gasteiger partial charge in [0.15, 0.2) is 11.5 Å². The molecule has 4 heteroatoms.